The van der Waals surface area contributed by atoms with Gasteiger partial charge in [0, 0.05) is 19.3 Å². The third kappa shape index (κ3) is 2.87. The van der Waals surface area contributed by atoms with Crippen LogP contribution in [0.15, 0.2) is 18.2 Å². The minimum atomic E-state index is -3.51. The van der Waals surface area contributed by atoms with E-state index in [4.69, 9.17) is 0 Å². The van der Waals surface area contributed by atoms with Crippen LogP contribution in [0.25, 0.3) is 0 Å². The summed E-state index contributed by atoms with van der Waals surface area (Å²) < 4.78 is 36.7. The van der Waals surface area contributed by atoms with E-state index in [0.717, 1.165) is 17.4 Å². The van der Waals surface area contributed by atoms with E-state index < -0.39 is 14.6 Å². The quantitative estimate of drug-likeness (QED) is 0.868. The van der Waals surface area contributed by atoms with Crippen LogP contribution in [0.3, 0.4) is 0 Å². The summed E-state index contributed by atoms with van der Waals surface area (Å²) in [7, 11) is -3.51. The zero-order valence-electron chi connectivity index (χ0n) is 13.1. The normalized spacial score (nSPS) is 20.9. The lowest BCUT2D eigenvalue weighted by molar-refractivity contribution is -0.135. The standard InChI is InChI=1S/C16H21FN2O3S/c1-23(21,22)16(5-7-18-8-6-16)15(20)19-9-4-12-10-14(17)3-2-13(12)11-19/h2-3,10,18H,4-9,11H2,1H3. The lowest BCUT2D eigenvalue weighted by atomic mass is 9.92. The molecule has 1 N–H and O–H groups in total. The van der Waals surface area contributed by atoms with Gasteiger partial charge in [0.1, 0.15) is 5.82 Å². The van der Waals surface area contributed by atoms with Crippen LogP contribution in [0, 0.1) is 5.82 Å². The molecule has 2 aliphatic heterocycles. The van der Waals surface area contributed by atoms with Gasteiger partial charge in [-0.1, -0.05) is 6.07 Å². The number of carbonyl (C=O) groups excluding carboxylic acids is 1. The molecule has 126 valence electrons. The van der Waals surface area contributed by atoms with E-state index in [0.29, 0.717) is 45.4 Å². The topological polar surface area (TPSA) is 66.5 Å². The lowest BCUT2D eigenvalue weighted by Crippen LogP contribution is -2.58. The van der Waals surface area contributed by atoms with Crippen LogP contribution < -0.4 is 5.32 Å². The number of hydrogen-bond acceptors (Lipinski definition) is 4. The van der Waals surface area contributed by atoms with Crippen molar-refractivity contribution >= 4 is 15.7 Å². The average Bonchev–Trinajstić information content (AvgIpc) is 2.53. The monoisotopic (exact) mass is 340 g/mol. The Morgan fingerprint density at radius 2 is 1.96 bits per heavy atom. The molecule has 0 aliphatic carbocycles. The Morgan fingerprint density at radius 3 is 2.61 bits per heavy atom. The average molecular weight is 340 g/mol. The highest BCUT2D eigenvalue weighted by molar-refractivity contribution is 7.92. The summed E-state index contributed by atoms with van der Waals surface area (Å²) in [5.74, 6) is -0.592. The van der Waals surface area contributed by atoms with Crippen molar-refractivity contribution in [3.63, 3.8) is 0 Å². The summed E-state index contributed by atoms with van der Waals surface area (Å²) >= 11 is 0. The fourth-order valence-corrected chi connectivity index (χ4v) is 4.95. The first-order valence-electron chi connectivity index (χ1n) is 7.80. The molecule has 1 aromatic rings. The van der Waals surface area contributed by atoms with Gasteiger partial charge < -0.3 is 10.2 Å². The Balaban J connectivity index is 1.89. The molecule has 1 fully saturated rings. The van der Waals surface area contributed by atoms with E-state index in [-0.39, 0.29) is 11.7 Å². The fourth-order valence-electron chi connectivity index (χ4n) is 3.56. The molecule has 2 heterocycles. The second-order valence-corrected chi connectivity index (χ2v) is 8.73. The molecule has 0 saturated carbocycles. The molecule has 0 atom stereocenters. The van der Waals surface area contributed by atoms with E-state index in [9.17, 15) is 17.6 Å². The molecular weight excluding hydrogens is 319 g/mol. The molecule has 23 heavy (non-hydrogen) atoms. The number of nitrogens with one attached hydrogen (secondary N) is 1. The summed E-state index contributed by atoms with van der Waals surface area (Å²) in [5, 5.41) is 3.11. The molecule has 0 unspecified atom stereocenters. The summed E-state index contributed by atoms with van der Waals surface area (Å²) in [4.78, 5) is 14.7. The zero-order chi connectivity index (χ0) is 16.7. The number of carbonyl (C=O) groups is 1. The Bertz CT molecular complexity index is 727. The highest BCUT2D eigenvalue weighted by Crippen LogP contribution is 2.32. The van der Waals surface area contributed by atoms with E-state index >= 15 is 0 Å². The van der Waals surface area contributed by atoms with E-state index in [1.165, 1.54) is 12.1 Å². The number of piperidine rings is 1. The molecule has 0 aromatic heterocycles. The molecule has 0 bridgehead atoms. The van der Waals surface area contributed by atoms with Crippen molar-refractivity contribution in [2.45, 2.75) is 30.6 Å². The zero-order valence-corrected chi connectivity index (χ0v) is 14.0. The second-order valence-electron chi connectivity index (χ2n) is 6.41. The number of hydrogen-bond donors (Lipinski definition) is 1. The van der Waals surface area contributed by atoms with Gasteiger partial charge in [0.15, 0.2) is 14.6 Å². The molecule has 1 amide bonds. The summed E-state index contributed by atoms with van der Waals surface area (Å²) in [6.07, 6.45) is 2.31. The number of nitrogens with zero attached hydrogens (tertiary/aromatic N) is 1. The van der Waals surface area contributed by atoms with Crippen molar-refractivity contribution in [3.05, 3.63) is 35.1 Å². The third-order valence-corrected chi connectivity index (χ3v) is 6.98. The number of rotatable bonds is 2. The van der Waals surface area contributed by atoms with E-state index in [1.54, 1.807) is 11.0 Å². The largest absolute Gasteiger partial charge is 0.337 e. The van der Waals surface area contributed by atoms with E-state index in [1.807, 2.05) is 0 Å². The molecule has 3 rings (SSSR count). The van der Waals surface area contributed by atoms with Crippen LogP contribution in [0.1, 0.15) is 24.0 Å². The number of sulfone groups is 1. The SMILES string of the molecule is CS(=O)(=O)C1(C(=O)N2CCc3cc(F)ccc3C2)CCNCC1. The first-order chi connectivity index (χ1) is 10.8. The van der Waals surface area contributed by atoms with Gasteiger partial charge in [-0.2, -0.15) is 0 Å². The third-order valence-electron chi connectivity index (χ3n) is 4.98. The van der Waals surface area contributed by atoms with Gasteiger partial charge in [-0.25, -0.2) is 12.8 Å². The number of amides is 1. The van der Waals surface area contributed by atoms with Crippen molar-refractivity contribution in [1.82, 2.24) is 10.2 Å². The number of fused-ring (bicyclic) bond motifs is 1. The Morgan fingerprint density at radius 1 is 1.26 bits per heavy atom. The first-order valence-corrected chi connectivity index (χ1v) is 9.70. The highest BCUT2D eigenvalue weighted by atomic mass is 32.2. The van der Waals surface area contributed by atoms with Crippen LogP contribution in [0.2, 0.25) is 0 Å². The Hall–Kier alpha value is -1.47. The Kier molecular flexibility index (Phi) is 4.18. The van der Waals surface area contributed by atoms with Crippen molar-refractivity contribution in [2.75, 3.05) is 25.9 Å². The van der Waals surface area contributed by atoms with Gasteiger partial charge in [-0.3, -0.25) is 4.79 Å². The van der Waals surface area contributed by atoms with Crippen LogP contribution >= 0.6 is 0 Å². The molecule has 7 heteroatoms. The van der Waals surface area contributed by atoms with Gasteiger partial charge >= 0.3 is 0 Å². The van der Waals surface area contributed by atoms with E-state index in [2.05, 4.69) is 5.32 Å². The van der Waals surface area contributed by atoms with Gasteiger partial charge in [0.2, 0.25) is 5.91 Å². The molecule has 2 aliphatic rings. The number of benzene rings is 1. The first kappa shape index (κ1) is 16.4. The Labute approximate surface area is 135 Å². The van der Waals surface area contributed by atoms with Gasteiger partial charge in [0.25, 0.3) is 0 Å². The van der Waals surface area contributed by atoms with Crippen molar-refractivity contribution in [3.8, 4) is 0 Å². The maximum atomic E-state index is 13.3. The minimum Gasteiger partial charge on any atom is -0.337 e. The minimum absolute atomic E-state index is 0.283. The smallest absolute Gasteiger partial charge is 0.244 e. The van der Waals surface area contributed by atoms with Crippen molar-refractivity contribution < 1.29 is 17.6 Å². The van der Waals surface area contributed by atoms with Crippen LogP contribution in [-0.4, -0.2) is 49.9 Å². The fraction of sp³-hybridized carbons (Fsp3) is 0.562. The molecule has 0 spiro atoms. The van der Waals surface area contributed by atoms with Gasteiger partial charge in [0.05, 0.1) is 0 Å². The molecular formula is C16H21FN2O3S. The van der Waals surface area contributed by atoms with Gasteiger partial charge in [-0.05, 0) is 55.6 Å². The van der Waals surface area contributed by atoms with Gasteiger partial charge in [-0.15, -0.1) is 0 Å². The summed E-state index contributed by atoms with van der Waals surface area (Å²) in [6, 6.07) is 4.55. The molecule has 0 radical (unpaired) electrons. The molecule has 1 saturated heterocycles. The van der Waals surface area contributed by atoms with Crippen LogP contribution in [0.5, 0.6) is 0 Å². The summed E-state index contributed by atoms with van der Waals surface area (Å²) in [5.41, 5.74) is 1.79. The second kappa shape index (κ2) is 5.87. The van der Waals surface area contributed by atoms with Crippen molar-refractivity contribution in [1.29, 1.82) is 0 Å². The predicted molar refractivity (Wildman–Crippen MR) is 85.2 cm³/mol. The number of halogens is 1. The van der Waals surface area contributed by atoms with Crippen LogP contribution in [0.4, 0.5) is 4.39 Å². The highest BCUT2D eigenvalue weighted by Gasteiger charge is 2.50. The summed E-state index contributed by atoms with van der Waals surface area (Å²) in [6.45, 7) is 1.82. The maximum absolute atomic E-state index is 13.3. The molecule has 5 nitrogen and oxygen atoms in total. The predicted octanol–water partition coefficient (Wildman–Crippen LogP) is 0.877. The molecule has 1 aromatic carbocycles. The van der Waals surface area contributed by atoms with Crippen LogP contribution in [-0.2, 0) is 27.6 Å². The lowest BCUT2D eigenvalue weighted by Gasteiger charge is -2.40. The van der Waals surface area contributed by atoms with Crippen molar-refractivity contribution in [2.24, 2.45) is 0 Å². The maximum Gasteiger partial charge on any atom is 0.244 e.